The van der Waals surface area contributed by atoms with Gasteiger partial charge in [-0.25, -0.2) is 0 Å². The summed E-state index contributed by atoms with van der Waals surface area (Å²) in [5.74, 6) is -0.00998. The van der Waals surface area contributed by atoms with Crippen LogP contribution in [0.4, 0.5) is 0 Å². The van der Waals surface area contributed by atoms with Crippen LogP contribution in [0.5, 0.6) is 0 Å². The first-order valence-corrected chi connectivity index (χ1v) is 5.79. The van der Waals surface area contributed by atoms with Gasteiger partial charge in [0.2, 0.25) is 5.91 Å². The zero-order chi connectivity index (χ0) is 11.3. The summed E-state index contributed by atoms with van der Waals surface area (Å²) in [6.45, 7) is 5.33. The Morgan fingerprint density at radius 2 is 2.20 bits per heavy atom. The van der Waals surface area contributed by atoms with Gasteiger partial charge in [0.15, 0.2) is 0 Å². The molecule has 4 heteroatoms. The number of ether oxygens (including phenoxy) is 1. The maximum Gasteiger partial charge on any atom is 0.249 e. The number of nitrogens with one attached hydrogen (secondary N) is 1. The van der Waals surface area contributed by atoms with Gasteiger partial charge in [-0.3, -0.25) is 4.79 Å². The highest BCUT2D eigenvalue weighted by molar-refractivity contribution is 5.81. The molecule has 0 bridgehead atoms. The van der Waals surface area contributed by atoms with Gasteiger partial charge < -0.3 is 15.8 Å². The lowest BCUT2D eigenvalue weighted by Crippen LogP contribution is -2.51. The van der Waals surface area contributed by atoms with Gasteiger partial charge in [-0.15, -0.1) is 0 Å². The van der Waals surface area contributed by atoms with E-state index in [1.807, 2.05) is 13.8 Å². The number of hydrogen-bond acceptors (Lipinski definition) is 3. The summed E-state index contributed by atoms with van der Waals surface area (Å²) in [6.07, 6.45) is 3.31. The highest BCUT2D eigenvalue weighted by Gasteiger charge is 2.26. The molecule has 1 aliphatic heterocycles. The first-order valence-electron chi connectivity index (χ1n) is 5.79. The molecule has 0 aromatic heterocycles. The predicted octanol–water partition coefficient (Wildman–Crippen LogP) is 0.799. The van der Waals surface area contributed by atoms with Gasteiger partial charge in [0.05, 0.1) is 0 Å². The third kappa shape index (κ3) is 3.47. The summed E-state index contributed by atoms with van der Waals surface area (Å²) >= 11 is 0. The average Bonchev–Trinajstić information content (AvgIpc) is 2.79. The van der Waals surface area contributed by atoms with Crippen LogP contribution < -0.4 is 11.1 Å². The van der Waals surface area contributed by atoms with Crippen molar-refractivity contribution in [2.24, 2.45) is 5.73 Å². The fourth-order valence-corrected chi connectivity index (χ4v) is 1.66. The van der Waals surface area contributed by atoms with Gasteiger partial charge in [-0.2, -0.15) is 0 Å². The van der Waals surface area contributed by atoms with E-state index in [1.165, 1.54) is 0 Å². The molecule has 3 N–H and O–H groups in total. The van der Waals surface area contributed by atoms with E-state index in [2.05, 4.69) is 5.32 Å². The van der Waals surface area contributed by atoms with Crippen LogP contribution in [0, 0.1) is 0 Å². The van der Waals surface area contributed by atoms with E-state index in [0.29, 0.717) is 13.2 Å². The summed E-state index contributed by atoms with van der Waals surface area (Å²) in [4.78, 5) is 11.6. The third-order valence-corrected chi connectivity index (χ3v) is 3.25. The second-order valence-corrected chi connectivity index (χ2v) is 4.29. The van der Waals surface area contributed by atoms with Crippen LogP contribution in [0.2, 0.25) is 0 Å². The van der Waals surface area contributed by atoms with Crippen LogP contribution in [0.1, 0.15) is 39.5 Å². The molecular weight excluding hydrogens is 192 g/mol. The monoisotopic (exact) mass is 214 g/mol. The quantitative estimate of drug-likeness (QED) is 0.711. The summed E-state index contributed by atoms with van der Waals surface area (Å²) in [6, 6.07) is 0. The topological polar surface area (TPSA) is 64.3 Å². The fourth-order valence-electron chi connectivity index (χ4n) is 1.66. The maximum absolute atomic E-state index is 11.6. The van der Waals surface area contributed by atoms with Crippen LogP contribution in [0.25, 0.3) is 0 Å². The summed E-state index contributed by atoms with van der Waals surface area (Å²) < 4.78 is 5.29. The Morgan fingerprint density at radius 3 is 2.67 bits per heavy atom. The van der Waals surface area contributed by atoms with E-state index in [4.69, 9.17) is 10.5 Å². The van der Waals surface area contributed by atoms with E-state index in [0.717, 1.165) is 25.7 Å². The van der Waals surface area contributed by atoms with Gasteiger partial charge in [0.1, 0.15) is 6.10 Å². The SMILES string of the molecule is CCC(N)(CC)CNC(=O)C1CCCO1. The van der Waals surface area contributed by atoms with Crippen LogP contribution in [-0.4, -0.2) is 30.7 Å². The Bertz CT molecular complexity index is 209. The van der Waals surface area contributed by atoms with E-state index in [-0.39, 0.29) is 17.6 Å². The third-order valence-electron chi connectivity index (χ3n) is 3.25. The smallest absolute Gasteiger partial charge is 0.249 e. The highest BCUT2D eigenvalue weighted by atomic mass is 16.5. The molecule has 0 aromatic rings. The lowest BCUT2D eigenvalue weighted by atomic mass is 9.94. The summed E-state index contributed by atoms with van der Waals surface area (Å²) in [5.41, 5.74) is 5.82. The molecule has 1 rings (SSSR count). The van der Waals surface area contributed by atoms with E-state index < -0.39 is 0 Å². The van der Waals surface area contributed by atoms with E-state index >= 15 is 0 Å². The molecule has 0 aliphatic carbocycles. The Balaban J connectivity index is 2.32. The first kappa shape index (κ1) is 12.5. The lowest BCUT2D eigenvalue weighted by molar-refractivity contribution is -0.130. The molecule has 4 nitrogen and oxygen atoms in total. The summed E-state index contributed by atoms with van der Waals surface area (Å²) in [7, 11) is 0. The highest BCUT2D eigenvalue weighted by Crippen LogP contribution is 2.13. The van der Waals surface area contributed by atoms with Crippen LogP contribution in [0.3, 0.4) is 0 Å². The number of rotatable bonds is 5. The van der Waals surface area contributed by atoms with Gasteiger partial charge in [-0.1, -0.05) is 13.8 Å². The molecule has 1 amide bonds. The van der Waals surface area contributed by atoms with Crippen molar-refractivity contribution in [1.29, 1.82) is 0 Å². The van der Waals surface area contributed by atoms with Crippen molar-refractivity contribution in [1.82, 2.24) is 5.32 Å². The normalized spacial score (nSPS) is 21.7. The molecular formula is C11H22N2O2. The minimum atomic E-state index is -0.270. The predicted molar refractivity (Wildman–Crippen MR) is 59.5 cm³/mol. The second-order valence-electron chi connectivity index (χ2n) is 4.29. The zero-order valence-corrected chi connectivity index (χ0v) is 9.71. The molecule has 1 fully saturated rings. The summed E-state index contributed by atoms with van der Waals surface area (Å²) in [5, 5.41) is 2.88. The Kier molecular flexibility index (Phi) is 4.54. The molecule has 0 saturated carbocycles. The molecule has 15 heavy (non-hydrogen) atoms. The van der Waals surface area contributed by atoms with Gasteiger partial charge in [0, 0.05) is 18.7 Å². The largest absolute Gasteiger partial charge is 0.368 e. The lowest BCUT2D eigenvalue weighted by Gasteiger charge is -2.27. The second kappa shape index (κ2) is 5.47. The number of hydrogen-bond donors (Lipinski definition) is 2. The minimum absolute atomic E-state index is 0.00998. The molecule has 1 saturated heterocycles. The maximum atomic E-state index is 11.6. The molecule has 1 unspecified atom stereocenters. The van der Waals surface area contributed by atoms with Crippen molar-refractivity contribution in [2.75, 3.05) is 13.2 Å². The van der Waals surface area contributed by atoms with Crippen molar-refractivity contribution in [3.05, 3.63) is 0 Å². The molecule has 1 atom stereocenters. The van der Waals surface area contributed by atoms with Gasteiger partial charge >= 0.3 is 0 Å². The Hall–Kier alpha value is -0.610. The first-order chi connectivity index (χ1) is 7.11. The van der Waals surface area contributed by atoms with Crippen LogP contribution >= 0.6 is 0 Å². The average molecular weight is 214 g/mol. The van der Waals surface area contributed by atoms with Crippen molar-refractivity contribution in [3.8, 4) is 0 Å². The molecule has 1 aliphatic rings. The van der Waals surface area contributed by atoms with E-state index in [1.54, 1.807) is 0 Å². The standard InChI is InChI=1S/C11H22N2O2/c1-3-11(12,4-2)8-13-10(14)9-6-5-7-15-9/h9H,3-8,12H2,1-2H3,(H,13,14). The van der Waals surface area contributed by atoms with Crippen LogP contribution in [0.15, 0.2) is 0 Å². The van der Waals surface area contributed by atoms with E-state index in [9.17, 15) is 4.79 Å². The number of carbonyl (C=O) groups is 1. The van der Waals surface area contributed by atoms with Crippen molar-refractivity contribution in [3.63, 3.8) is 0 Å². The van der Waals surface area contributed by atoms with Crippen molar-refractivity contribution < 1.29 is 9.53 Å². The number of amides is 1. The number of nitrogens with two attached hydrogens (primary N) is 1. The molecule has 0 radical (unpaired) electrons. The van der Waals surface area contributed by atoms with Crippen molar-refractivity contribution in [2.45, 2.75) is 51.2 Å². The molecule has 0 aromatic carbocycles. The van der Waals surface area contributed by atoms with Crippen LogP contribution in [-0.2, 0) is 9.53 Å². The number of carbonyl (C=O) groups excluding carboxylic acids is 1. The van der Waals surface area contributed by atoms with Crippen molar-refractivity contribution >= 4 is 5.91 Å². The fraction of sp³-hybridized carbons (Fsp3) is 0.909. The molecule has 88 valence electrons. The zero-order valence-electron chi connectivity index (χ0n) is 9.71. The Labute approximate surface area is 91.5 Å². The Morgan fingerprint density at radius 1 is 1.53 bits per heavy atom. The van der Waals surface area contributed by atoms with Gasteiger partial charge in [0.25, 0.3) is 0 Å². The molecule has 1 heterocycles. The molecule has 0 spiro atoms. The minimum Gasteiger partial charge on any atom is -0.368 e. The van der Waals surface area contributed by atoms with Gasteiger partial charge in [-0.05, 0) is 25.7 Å².